The fraction of sp³-hybridized carbons (Fsp3) is 0.571. The maximum Gasteiger partial charge on any atom is 0.212 e. The summed E-state index contributed by atoms with van der Waals surface area (Å²) in [6.45, 7) is 4.15. The van der Waals surface area contributed by atoms with Gasteiger partial charge in [-0.25, -0.2) is 4.98 Å². The number of aryl methyl sites for hydroxylation is 2. The highest BCUT2D eigenvalue weighted by molar-refractivity contribution is 14.1. The molecule has 0 aliphatic carbocycles. The molecule has 0 unspecified atom stereocenters. The number of rotatable bonds is 2. The van der Waals surface area contributed by atoms with Gasteiger partial charge in [-0.05, 0) is 12.8 Å². The summed E-state index contributed by atoms with van der Waals surface area (Å²) in [5, 5.41) is 7.93. The van der Waals surface area contributed by atoms with Crippen molar-refractivity contribution in [3.8, 4) is 0 Å². The largest absolute Gasteiger partial charge is 0.225 e. The van der Waals surface area contributed by atoms with Crippen LogP contribution in [0.3, 0.4) is 0 Å². The van der Waals surface area contributed by atoms with E-state index in [1.165, 1.54) is 0 Å². The van der Waals surface area contributed by atoms with Gasteiger partial charge in [0.15, 0.2) is 0 Å². The van der Waals surface area contributed by atoms with Crippen molar-refractivity contribution in [1.82, 2.24) is 15.2 Å². The maximum absolute atomic E-state index is 4.28. The third-order valence-electron chi connectivity index (χ3n) is 1.48. The molecule has 1 aromatic heterocycles. The van der Waals surface area contributed by atoms with Crippen LogP contribution in [0.25, 0.3) is 0 Å². The van der Waals surface area contributed by atoms with Crippen LogP contribution in [0, 0.1) is 3.83 Å². The molecular weight excluding hydrogens is 253 g/mol. The molecule has 1 rings (SSSR count). The molecule has 0 radical (unpaired) electrons. The SMILES string of the molecule is CCc1nnc(I)nc1CC. The second kappa shape index (κ2) is 3.94. The first-order valence-electron chi connectivity index (χ1n) is 3.65. The lowest BCUT2D eigenvalue weighted by Crippen LogP contribution is -2.03. The molecular formula is C7H10IN3. The fourth-order valence-corrected chi connectivity index (χ4v) is 1.31. The van der Waals surface area contributed by atoms with Crippen molar-refractivity contribution in [1.29, 1.82) is 0 Å². The molecule has 0 spiro atoms. The van der Waals surface area contributed by atoms with E-state index in [-0.39, 0.29) is 0 Å². The predicted octanol–water partition coefficient (Wildman–Crippen LogP) is 1.60. The molecule has 0 saturated carbocycles. The van der Waals surface area contributed by atoms with E-state index < -0.39 is 0 Å². The van der Waals surface area contributed by atoms with Crippen LogP contribution in [-0.4, -0.2) is 15.2 Å². The Hall–Kier alpha value is -0.260. The van der Waals surface area contributed by atoms with Crippen LogP contribution in [0.5, 0.6) is 0 Å². The van der Waals surface area contributed by atoms with Gasteiger partial charge in [0, 0.05) is 22.6 Å². The molecule has 0 bridgehead atoms. The van der Waals surface area contributed by atoms with E-state index in [9.17, 15) is 0 Å². The fourth-order valence-electron chi connectivity index (χ4n) is 0.915. The van der Waals surface area contributed by atoms with Crippen LogP contribution in [0.15, 0.2) is 0 Å². The third kappa shape index (κ3) is 2.08. The second-order valence-electron chi connectivity index (χ2n) is 2.18. The van der Waals surface area contributed by atoms with Crippen molar-refractivity contribution in [2.24, 2.45) is 0 Å². The first-order chi connectivity index (χ1) is 5.27. The molecule has 0 fully saturated rings. The lowest BCUT2D eigenvalue weighted by atomic mass is 10.2. The Morgan fingerprint density at radius 1 is 1.09 bits per heavy atom. The summed E-state index contributed by atoms with van der Waals surface area (Å²) in [5.74, 6) is 0. The predicted molar refractivity (Wildman–Crippen MR) is 51.3 cm³/mol. The smallest absolute Gasteiger partial charge is 0.212 e. The summed E-state index contributed by atoms with van der Waals surface area (Å²) in [6.07, 6.45) is 1.86. The minimum atomic E-state index is 0.733. The Morgan fingerprint density at radius 2 is 1.73 bits per heavy atom. The third-order valence-corrected chi connectivity index (χ3v) is 1.94. The number of aromatic nitrogens is 3. The summed E-state index contributed by atoms with van der Waals surface area (Å²) in [7, 11) is 0. The van der Waals surface area contributed by atoms with Gasteiger partial charge in [-0.1, -0.05) is 13.8 Å². The van der Waals surface area contributed by atoms with Crippen molar-refractivity contribution in [3.05, 3.63) is 15.2 Å². The van der Waals surface area contributed by atoms with E-state index in [1.54, 1.807) is 0 Å². The second-order valence-corrected chi connectivity index (χ2v) is 3.15. The Labute approximate surface area is 79.8 Å². The molecule has 1 heterocycles. The molecule has 4 heteroatoms. The minimum Gasteiger partial charge on any atom is -0.225 e. The molecule has 0 amide bonds. The van der Waals surface area contributed by atoms with E-state index in [0.717, 1.165) is 28.1 Å². The number of nitrogens with zero attached hydrogens (tertiary/aromatic N) is 3. The standard InChI is InChI=1S/C7H10IN3/c1-3-5-6(4-2)10-11-7(8)9-5/h3-4H2,1-2H3. The number of halogens is 1. The molecule has 0 saturated heterocycles. The van der Waals surface area contributed by atoms with Gasteiger partial charge in [-0.3, -0.25) is 0 Å². The minimum absolute atomic E-state index is 0.733. The monoisotopic (exact) mass is 263 g/mol. The lowest BCUT2D eigenvalue weighted by molar-refractivity contribution is 0.800. The topological polar surface area (TPSA) is 38.7 Å². The molecule has 3 nitrogen and oxygen atoms in total. The zero-order valence-electron chi connectivity index (χ0n) is 6.63. The molecule has 0 aliphatic rings. The van der Waals surface area contributed by atoms with Crippen LogP contribution in [-0.2, 0) is 12.8 Å². The van der Waals surface area contributed by atoms with Gasteiger partial charge >= 0.3 is 0 Å². The van der Waals surface area contributed by atoms with E-state index in [0.29, 0.717) is 0 Å². The van der Waals surface area contributed by atoms with E-state index in [4.69, 9.17) is 0 Å². The van der Waals surface area contributed by atoms with Crippen LogP contribution in [0.2, 0.25) is 0 Å². The maximum atomic E-state index is 4.28. The van der Waals surface area contributed by atoms with Crippen molar-refractivity contribution >= 4 is 22.6 Å². The molecule has 0 atom stereocenters. The van der Waals surface area contributed by atoms with Crippen LogP contribution in [0.4, 0.5) is 0 Å². The molecule has 0 N–H and O–H groups in total. The van der Waals surface area contributed by atoms with Crippen molar-refractivity contribution < 1.29 is 0 Å². The highest BCUT2D eigenvalue weighted by Gasteiger charge is 2.02. The Balaban J connectivity index is 3.06. The van der Waals surface area contributed by atoms with E-state index >= 15 is 0 Å². The summed E-state index contributed by atoms with van der Waals surface area (Å²) in [6, 6.07) is 0. The summed E-state index contributed by atoms with van der Waals surface area (Å²) >= 11 is 2.08. The van der Waals surface area contributed by atoms with Crippen LogP contribution in [0.1, 0.15) is 25.2 Å². The van der Waals surface area contributed by atoms with E-state index in [2.05, 4.69) is 51.6 Å². The van der Waals surface area contributed by atoms with Crippen molar-refractivity contribution in [2.75, 3.05) is 0 Å². The normalized spacial score (nSPS) is 10.1. The zero-order valence-corrected chi connectivity index (χ0v) is 8.79. The first-order valence-corrected chi connectivity index (χ1v) is 4.73. The lowest BCUT2D eigenvalue weighted by Gasteiger charge is -2.00. The average molecular weight is 263 g/mol. The number of hydrogen-bond donors (Lipinski definition) is 0. The highest BCUT2D eigenvalue weighted by Crippen LogP contribution is 2.04. The van der Waals surface area contributed by atoms with Gasteiger partial charge < -0.3 is 0 Å². The Morgan fingerprint density at radius 3 is 2.27 bits per heavy atom. The van der Waals surface area contributed by atoms with Gasteiger partial charge in [0.05, 0.1) is 11.4 Å². The van der Waals surface area contributed by atoms with Crippen molar-refractivity contribution in [3.63, 3.8) is 0 Å². The highest BCUT2D eigenvalue weighted by atomic mass is 127. The molecule has 0 aromatic carbocycles. The Kier molecular flexibility index (Phi) is 3.16. The first kappa shape index (κ1) is 8.83. The Bertz CT molecular complexity index is 249. The summed E-state index contributed by atoms with van der Waals surface area (Å²) in [4.78, 5) is 4.28. The number of hydrogen-bond acceptors (Lipinski definition) is 3. The van der Waals surface area contributed by atoms with Gasteiger partial charge in [-0.15, -0.1) is 5.10 Å². The van der Waals surface area contributed by atoms with Gasteiger partial charge in [0.2, 0.25) is 3.83 Å². The molecule has 11 heavy (non-hydrogen) atoms. The van der Waals surface area contributed by atoms with Gasteiger partial charge in [0.1, 0.15) is 0 Å². The van der Waals surface area contributed by atoms with Gasteiger partial charge in [-0.2, -0.15) is 5.10 Å². The van der Waals surface area contributed by atoms with Crippen LogP contribution < -0.4 is 0 Å². The van der Waals surface area contributed by atoms with E-state index in [1.807, 2.05) is 0 Å². The average Bonchev–Trinajstić information content (AvgIpc) is 2.04. The molecule has 1 aromatic rings. The summed E-state index contributed by atoms with van der Waals surface area (Å²) < 4.78 is 0.733. The van der Waals surface area contributed by atoms with Crippen LogP contribution >= 0.6 is 22.6 Å². The molecule has 60 valence electrons. The molecule has 0 aliphatic heterocycles. The summed E-state index contributed by atoms with van der Waals surface area (Å²) in [5.41, 5.74) is 2.10. The quantitative estimate of drug-likeness (QED) is 0.761. The zero-order chi connectivity index (χ0) is 8.27. The van der Waals surface area contributed by atoms with Crippen molar-refractivity contribution in [2.45, 2.75) is 26.7 Å². The van der Waals surface area contributed by atoms with Gasteiger partial charge in [0.25, 0.3) is 0 Å².